The van der Waals surface area contributed by atoms with E-state index in [-0.39, 0.29) is 28.5 Å². The number of nitrogens with two attached hydrogens (primary N) is 1. The number of sulfonamides is 1. The molecule has 1 aromatic carbocycles. The van der Waals surface area contributed by atoms with Gasteiger partial charge >= 0.3 is 0 Å². The van der Waals surface area contributed by atoms with Crippen molar-refractivity contribution in [3.8, 4) is 5.75 Å². The lowest BCUT2D eigenvalue weighted by Gasteiger charge is -2.13. The second-order valence-corrected chi connectivity index (χ2v) is 7.18. The predicted octanol–water partition coefficient (Wildman–Crippen LogP) is 2.81. The van der Waals surface area contributed by atoms with Crippen molar-refractivity contribution in [2.75, 3.05) is 12.4 Å². The van der Waals surface area contributed by atoms with Crippen LogP contribution >= 0.6 is 15.9 Å². The molecule has 0 saturated heterocycles. The van der Waals surface area contributed by atoms with Gasteiger partial charge in [0.05, 0.1) is 16.8 Å². The first-order valence-corrected chi connectivity index (χ1v) is 8.47. The van der Waals surface area contributed by atoms with Gasteiger partial charge in [-0.1, -0.05) is 6.92 Å². The Bertz CT molecular complexity index is 543. The van der Waals surface area contributed by atoms with Crippen molar-refractivity contribution in [1.82, 2.24) is 0 Å². The first-order valence-electron chi connectivity index (χ1n) is 5.97. The number of halogens is 3. The smallest absolute Gasteiger partial charge is 0.209 e. The van der Waals surface area contributed by atoms with E-state index >= 15 is 0 Å². The number of primary sulfonamides is 1. The molecule has 0 aliphatic rings. The Morgan fingerprint density at radius 1 is 1.35 bits per heavy atom. The van der Waals surface area contributed by atoms with E-state index in [1.807, 2.05) is 6.92 Å². The van der Waals surface area contributed by atoms with Crippen molar-refractivity contribution < 1.29 is 21.9 Å². The van der Waals surface area contributed by atoms with Gasteiger partial charge in [0.25, 0.3) is 0 Å². The third-order valence-electron chi connectivity index (χ3n) is 2.72. The van der Waals surface area contributed by atoms with Gasteiger partial charge in [-0.25, -0.2) is 22.3 Å². The van der Waals surface area contributed by atoms with Crippen LogP contribution in [0.5, 0.6) is 5.75 Å². The van der Waals surface area contributed by atoms with E-state index in [1.54, 1.807) is 0 Å². The van der Waals surface area contributed by atoms with Crippen LogP contribution in [0.1, 0.15) is 19.8 Å². The molecule has 1 atom stereocenters. The predicted molar refractivity (Wildman–Crippen MR) is 75.9 cm³/mol. The monoisotopic (exact) mass is 371 g/mol. The largest absolute Gasteiger partial charge is 0.489 e. The minimum Gasteiger partial charge on any atom is -0.489 e. The molecular weight excluding hydrogens is 356 g/mol. The van der Waals surface area contributed by atoms with Crippen LogP contribution in [0.3, 0.4) is 0 Å². The topological polar surface area (TPSA) is 69.4 Å². The third kappa shape index (κ3) is 6.15. The molecule has 0 amide bonds. The van der Waals surface area contributed by atoms with Crippen molar-refractivity contribution in [2.45, 2.75) is 19.8 Å². The van der Waals surface area contributed by atoms with E-state index in [9.17, 15) is 17.2 Å². The van der Waals surface area contributed by atoms with Crippen molar-refractivity contribution in [3.05, 3.63) is 28.2 Å². The van der Waals surface area contributed by atoms with Gasteiger partial charge in [0.15, 0.2) is 11.6 Å². The number of benzene rings is 1. The maximum absolute atomic E-state index is 13.4. The minimum atomic E-state index is -3.46. The number of ether oxygens (including phenoxy) is 1. The standard InChI is InChI=1S/C12H16BrF2NO3S/c1-8(3-5-20(16,17)18)2-4-19-12-10(13)6-9(14)7-11(12)15/h6-8H,2-5H2,1H3,(H2,16,17,18). The summed E-state index contributed by atoms with van der Waals surface area (Å²) in [4.78, 5) is 0. The Balaban J connectivity index is 2.45. The highest BCUT2D eigenvalue weighted by Gasteiger charge is 2.12. The van der Waals surface area contributed by atoms with Crippen LogP contribution in [-0.2, 0) is 10.0 Å². The van der Waals surface area contributed by atoms with E-state index in [4.69, 9.17) is 9.88 Å². The molecule has 0 aromatic heterocycles. The van der Waals surface area contributed by atoms with Gasteiger partial charge in [0.1, 0.15) is 5.82 Å². The zero-order valence-corrected chi connectivity index (χ0v) is 13.3. The SMILES string of the molecule is CC(CCOc1c(F)cc(F)cc1Br)CCS(N)(=O)=O. The van der Waals surface area contributed by atoms with Crippen LogP contribution < -0.4 is 9.88 Å². The van der Waals surface area contributed by atoms with Gasteiger partial charge in [-0.2, -0.15) is 0 Å². The second kappa shape index (κ2) is 7.33. The Hall–Kier alpha value is -0.730. The molecule has 8 heteroatoms. The van der Waals surface area contributed by atoms with E-state index in [2.05, 4.69) is 15.9 Å². The molecule has 20 heavy (non-hydrogen) atoms. The zero-order valence-electron chi connectivity index (χ0n) is 10.9. The van der Waals surface area contributed by atoms with Crippen LogP contribution in [0.25, 0.3) is 0 Å². The molecule has 0 aliphatic carbocycles. The van der Waals surface area contributed by atoms with Crippen LogP contribution in [0.2, 0.25) is 0 Å². The Morgan fingerprint density at radius 2 is 2.00 bits per heavy atom. The van der Waals surface area contributed by atoms with E-state index in [0.717, 1.165) is 12.1 Å². The van der Waals surface area contributed by atoms with E-state index in [1.165, 1.54) is 0 Å². The Morgan fingerprint density at radius 3 is 2.55 bits per heavy atom. The molecule has 0 fully saturated rings. The molecule has 2 N–H and O–H groups in total. The van der Waals surface area contributed by atoms with Crippen LogP contribution in [0, 0.1) is 17.6 Å². The number of hydrogen-bond acceptors (Lipinski definition) is 3. The van der Waals surface area contributed by atoms with E-state index < -0.39 is 21.7 Å². The van der Waals surface area contributed by atoms with Crippen LogP contribution in [0.4, 0.5) is 8.78 Å². The molecule has 4 nitrogen and oxygen atoms in total. The Kier molecular flexibility index (Phi) is 6.35. The summed E-state index contributed by atoms with van der Waals surface area (Å²) in [6, 6.07) is 1.85. The summed E-state index contributed by atoms with van der Waals surface area (Å²) < 4.78 is 53.4. The van der Waals surface area contributed by atoms with Gasteiger partial charge in [-0.15, -0.1) is 0 Å². The molecule has 0 spiro atoms. The van der Waals surface area contributed by atoms with Crippen molar-refractivity contribution >= 4 is 26.0 Å². The highest BCUT2D eigenvalue weighted by molar-refractivity contribution is 9.10. The van der Waals surface area contributed by atoms with E-state index in [0.29, 0.717) is 12.8 Å². The summed E-state index contributed by atoms with van der Waals surface area (Å²) in [7, 11) is -3.46. The van der Waals surface area contributed by atoms with Crippen molar-refractivity contribution in [1.29, 1.82) is 0 Å². The summed E-state index contributed by atoms with van der Waals surface area (Å²) in [5.41, 5.74) is 0. The fourth-order valence-electron chi connectivity index (χ4n) is 1.54. The molecule has 0 bridgehead atoms. The highest BCUT2D eigenvalue weighted by Crippen LogP contribution is 2.29. The number of hydrogen-bond donors (Lipinski definition) is 1. The summed E-state index contributed by atoms with van der Waals surface area (Å²) in [6.07, 6.45) is 0.952. The average molecular weight is 372 g/mol. The molecule has 114 valence electrons. The first kappa shape index (κ1) is 17.3. The van der Waals surface area contributed by atoms with Gasteiger partial charge in [-0.05, 0) is 40.8 Å². The van der Waals surface area contributed by atoms with Gasteiger partial charge in [0.2, 0.25) is 10.0 Å². The summed E-state index contributed by atoms with van der Waals surface area (Å²) in [6.45, 7) is 2.05. The molecule has 0 aliphatic heterocycles. The molecule has 1 rings (SSSR count). The summed E-state index contributed by atoms with van der Waals surface area (Å²) >= 11 is 3.02. The quantitative estimate of drug-likeness (QED) is 0.800. The van der Waals surface area contributed by atoms with Crippen molar-refractivity contribution in [2.24, 2.45) is 11.1 Å². The molecule has 1 unspecified atom stereocenters. The summed E-state index contributed by atoms with van der Waals surface area (Å²) in [5.74, 6) is -1.55. The second-order valence-electron chi connectivity index (χ2n) is 4.60. The lowest BCUT2D eigenvalue weighted by atomic mass is 10.1. The fourth-order valence-corrected chi connectivity index (χ4v) is 2.79. The van der Waals surface area contributed by atoms with Crippen LogP contribution in [0.15, 0.2) is 16.6 Å². The lowest BCUT2D eigenvalue weighted by molar-refractivity contribution is 0.267. The number of rotatable bonds is 7. The molecule has 0 saturated carbocycles. The Labute approximate surface area is 125 Å². The lowest BCUT2D eigenvalue weighted by Crippen LogP contribution is -2.19. The highest BCUT2D eigenvalue weighted by atomic mass is 79.9. The van der Waals surface area contributed by atoms with Crippen molar-refractivity contribution in [3.63, 3.8) is 0 Å². The zero-order chi connectivity index (χ0) is 15.3. The van der Waals surface area contributed by atoms with Gasteiger partial charge in [-0.3, -0.25) is 0 Å². The maximum Gasteiger partial charge on any atom is 0.209 e. The van der Waals surface area contributed by atoms with Gasteiger partial charge < -0.3 is 4.74 Å². The molecule has 0 radical (unpaired) electrons. The average Bonchev–Trinajstić information content (AvgIpc) is 2.29. The minimum absolute atomic E-state index is 0.0509. The fraction of sp³-hybridized carbons (Fsp3) is 0.500. The van der Waals surface area contributed by atoms with Gasteiger partial charge in [0, 0.05) is 6.07 Å². The van der Waals surface area contributed by atoms with Crippen LogP contribution in [-0.4, -0.2) is 20.8 Å². The summed E-state index contributed by atoms with van der Waals surface area (Å²) in [5, 5.41) is 4.91. The maximum atomic E-state index is 13.4. The molecule has 0 heterocycles. The molecule has 1 aromatic rings. The first-order chi connectivity index (χ1) is 9.19. The molecular formula is C12H16BrF2NO3S. The third-order valence-corrected chi connectivity index (χ3v) is 4.11. The normalized spacial score (nSPS) is 13.2.